The second-order valence-electron chi connectivity index (χ2n) is 2.50. The van der Waals surface area contributed by atoms with Crippen LogP contribution in [0.2, 0.25) is 0 Å². The van der Waals surface area contributed by atoms with Gasteiger partial charge in [-0.25, -0.2) is 4.39 Å². The first-order valence-electron chi connectivity index (χ1n) is 3.69. The van der Waals surface area contributed by atoms with Gasteiger partial charge in [0.25, 0.3) is 0 Å². The summed E-state index contributed by atoms with van der Waals surface area (Å²) in [5.74, 6) is 0.400. The van der Waals surface area contributed by atoms with Crippen LogP contribution in [-0.4, -0.2) is 5.88 Å². The Kier molecular flexibility index (Phi) is 4.02. The van der Waals surface area contributed by atoms with Crippen LogP contribution in [-0.2, 0) is 0 Å². The van der Waals surface area contributed by atoms with E-state index < -0.39 is 0 Å². The van der Waals surface area contributed by atoms with E-state index in [0.29, 0.717) is 5.88 Å². The molecule has 0 radical (unpaired) electrons. The maximum Gasteiger partial charge on any atom is 0.123 e. The van der Waals surface area contributed by atoms with E-state index in [1.165, 1.54) is 12.1 Å². The molecule has 0 aliphatic rings. The molecule has 0 aromatic heterocycles. The average molecular weight is 252 g/mol. The number of halogens is 3. The van der Waals surface area contributed by atoms with Crippen molar-refractivity contribution >= 4 is 27.5 Å². The number of alkyl halides is 2. The van der Waals surface area contributed by atoms with Gasteiger partial charge < -0.3 is 0 Å². The van der Waals surface area contributed by atoms with Gasteiger partial charge in [-0.3, -0.25) is 0 Å². The lowest BCUT2D eigenvalue weighted by Crippen LogP contribution is -1.90. The number of hydrogen-bond acceptors (Lipinski definition) is 0. The van der Waals surface area contributed by atoms with E-state index in [9.17, 15) is 4.39 Å². The van der Waals surface area contributed by atoms with E-state index in [1.54, 1.807) is 12.1 Å². The van der Waals surface area contributed by atoms with Crippen LogP contribution in [0.1, 0.15) is 16.8 Å². The highest BCUT2D eigenvalue weighted by Gasteiger charge is 2.05. The van der Waals surface area contributed by atoms with Crippen LogP contribution in [0, 0.1) is 5.82 Å². The molecular weight excluding hydrogens is 242 g/mol. The molecule has 0 fully saturated rings. The van der Waals surface area contributed by atoms with Crippen molar-refractivity contribution in [3.8, 4) is 0 Å². The Hall–Kier alpha value is -0.0800. The van der Waals surface area contributed by atoms with Gasteiger partial charge in [0.1, 0.15) is 5.82 Å². The molecule has 1 atom stereocenters. The third kappa shape index (κ3) is 2.76. The standard InChI is InChI=1S/C9H9BrClF/c10-9(5-6-11)7-1-3-8(12)4-2-7/h1-4,9H,5-6H2. The van der Waals surface area contributed by atoms with Gasteiger partial charge in [-0.2, -0.15) is 0 Å². The minimum absolute atomic E-state index is 0.204. The smallest absolute Gasteiger partial charge is 0.123 e. The zero-order valence-electron chi connectivity index (χ0n) is 6.43. The zero-order valence-corrected chi connectivity index (χ0v) is 8.78. The Morgan fingerprint density at radius 1 is 1.33 bits per heavy atom. The van der Waals surface area contributed by atoms with Crippen molar-refractivity contribution in [2.45, 2.75) is 11.2 Å². The highest BCUT2D eigenvalue weighted by Crippen LogP contribution is 2.26. The quantitative estimate of drug-likeness (QED) is 0.715. The van der Waals surface area contributed by atoms with Gasteiger partial charge in [-0.1, -0.05) is 28.1 Å². The van der Waals surface area contributed by atoms with Crippen LogP contribution in [0.15, 0.2) is 24.3 Å². The number of hydrogen-bond donors (Lipinski definition) is 0. The summed E-state index contributed by atoms with van der Waals surface area (Å²) in [7, 11) is 0. The summed E-state index contributed by atoms with van der Waals surface area (Å²) in [6.07, 6.45) is 0.854. The van der Waals surface area contributed by atoms with Crippen molar-refractivity contribution in [1.29, 1.82) is 0 Å². The maximum atomic E-state index is 12.5. The van der Waals surface area contributed by atoms with Crippen molar-refractivity contribution in [3.05, 3.63) is 35.6 Å². The van der Waals surface area contributed by atoms with Gasteiger partial charge in [0.15, 0.2) is 0 Å². The molecule has 0 heterocycles. The molecule has 1 unspecified atom stereocenters. The van der Waals surface area contributed by atoms with Crippen LogP contribution in [0.25, 0.3) is 0 Å². The van der Waals surface area contributed by atoms with E-state index >= 15 is 0 Å². The molecule has 12 heavy (non-hydrogen) atoms. The van der Waals surface area contributed by atoms with Gasteiger partial charge in [-0.05, 0) is 24.1 Å². The van der Waals surface area contributed by atoms with E-state index in [4.69, 9.17) is 11.6 Å². The SMILES string of the molecule is Fc1ccc(C(Br)CCCl)cc1. The maximum absolute atomic E-state index is 12.5. The lowest BCUT2D eigenvalue weighted by atomic mass is 10.1. The van der Waals surface area contributed by atoms with Crippen LogP contribution in [0.3, 0.4) is 0 Å². The molecule has 0 bridgehead atoms. The van der Waals surface area contributed by atoms with Crippen molar-refractivity contribution in [3.63, 3.8) is 0 Å². The molecule has 0 spiro atoms. The highest BCUT2D eigenvalue weighted by atomic mass is 79.9. The molecule has 0 aliphatic heterocycles. The van der Waals surface area contributed by atoms with Gasteiger partial charge >= 0.3 is 0 Å². The monoisotopic (exact) mass is 250 g/mol. The van der Waals surface area contributed by atoms with Crippen LogP contribution in [0.5, 0.6) is 0 Å². The summed E-state index contributed by atoms with van der Waals surface area (Å²) in [5.41, 5.74) is 1.07. The van der Waals surface area contributed by atoms with Crippen molar-refractivity contribution in [2.24, 2.45) is 0 Å². The lowest BCUT2D eigenvalue weighted by molar-refractivity contribution is 0.627. The van der Waals surface area contributed by atoms with Crippen molar-refractivity contribution in [2.75, 3.05) is 5.88 Å². The molecule has 3 heteroatoms. The summed E-state index contributed by atoms with van der Waals surface area (Å²) in [5, 5.41) is 0. The first-order chi connectivity index (χ1) is 5.74. The molecule has 1 aromatic rings. The van der Waals surface area contributed by atoms with E-state index in [1.807, 2.05) is 0 Å². The molecule has 66 valence electrons. The molecule has 0 nitrogen and oxygen atoms in total. The van der Waals surface area contributed by atoms with E-state index in [2.05, 4.69) is 15.9 Å². The topological polar surface area (TPSA) is 0 Å². The minimum Gasteiger partial charge on any atom is -0.207 e. The summed E-state index contributed by atoms with van der Waals surface area (Å²) in [6, 6.07) is 6.44. The molecule has 1 rings (SSSR count). The fraction of sp³-hybridized carbons (Fsp3) is 0.333. The first-order valence-corrected chi connectivity index (χ1v) is 5.14. The second kappa shape index (κ2) is 4.83. The van der Waals surface area contributed by atoms with E-state index in [-0.39, 0.29) is 10.6 Å². The fourth-order valence-electron chi connectivity index (χ4n) is 0.934. The average Bonchev–Trinajstić information content (AvgIpc) is 2.06. The van der Waals surface area contributed by atoms with Gasteiger partial charge in [0.05, 0.1) is 0 Å². The Labute approximate surface area is 84.9 Å². The van der Waals surface area contributed by atoms with Crippen molar-refractivity contribution in [1.82, 2.24) is 0 Å². The predicted molar refractivity (Wildman–Crippen MR) is 53.4 cm³/mol. The van der Waals surface area contributed by atoms with Gasteiger partial charge in [0, 0.05) is 10.7 Å². The lowest BCUT2D eigenvalue weighted by Gasteiger charge is -2.06. The largest absolute Gasteiger partial charge is 0.207 e. The number of benzene rings is 1. The fourth-order valence-corrected chi connectivity index (χ4v) is 1.95. The zero-order chi connectivity index (χ0) is 8.97. The molecule has 0 saturated heterocycles. The van der Waals surface area contributed by atoms with E-state index in [0.717, 1.165) is 12.0 Å². The summed E-state index contributed by atoms with van der Waals surface area (Å²) in [4.78, 5) is 0.232. The molecular formula is C9H9BrClF. The van der Waals surface area contributed by atoms with Crippen LogP contribution < -0.4 is 0 Å². The van der Waals surface area contributed by atoms with Gasteiger partial charge in [0.2, 0.25) is 0 Å². The molecule has 0 N–H and O–H groups in total. The summed E-state index contributed by atoms with van der Waals surface area (Å²) >= 11 is 9.04. The van der Waals surface area contributed by atoms with Crippen LogP contribution >= 0.6 is 27.5 Å². The highest BCUT2D eigenvalue weighted by molar-refractivity contribution is 9.09. The Bertz CT molecular complexity index is 235. The normalized spacial score (nSPS) is 12.9. The minimum atomic E-state index is -0.204. The van der Waals surface area contributed by atoms with Crippen molar-refractivity contribution < 1.29 is 4.39 Å². The molecule has 0 saturated carbocycles. The Morgan fingerprint density at radius 2 is 1.92 bits per heavy atom. The Morgan fingerprint density at radius 3 is 2.42 bits per heavy atom. The molecule has 1 aromatic carbocycles. The summed E-state index contributed by atoms with van der Waals surface area (Å²) in [6.45, 7) is 0. The first kappa shape index (κ1) is 10.0. The third-order valence-electron chi connectivity index (χ3n) is 1.59. The summed E-state index contributed by atoms with van der Waals surface area (Å²) < 4.78 is 12.5. The van der Waals surface area contributed by atoms with Crippen LogP contribution in [0.4, 0.5) is 4.39 Å². The predicted octanol–water partition coefficient (Wildman–Crippen LogP) is 3.89. The molecule has 0 aliphatic carbocycles. The number of rotatable bonds is 3. The Balaban J connectivity index is 2.68. The van der Waals surface area contributed by atoms with Gasteiger partial charge in [-0.15, -0.1) is 11.6 Å². The molecule has 0 amide bonds. The third-order valence-corrected chi connectivity index (χ3v) is 2.80. The second-order valence-corrected chi connectivity index (χ2v) is 3.98.